The Morgan fingerprint density at radius 3 is 1.38 bits per heavy atom. The molecule has 39 heavy (non-hydrogen) atoms. The first kappa shape index (κ1) is 25.8. The van der Waals surface area contributed by atoms with Gasteiger partial charge in [-0.1, -0.05) is 96.0 Å². The molecular formula is C29H22Cl2N8. The highest BCUT2D eigenvalue weighted by Crippen LogP contribution is 2.32. The highest BCUT2D eigenvalue weighted by molar-refractivity contribution is 6.33. The zero-order chi connectivity index (χ0) is 26.9. The van der Waals surface area contributed by atoms with Gasteiger partial charge < -0.3 is 0 Å². The van der Waals surface area contributed by atoms with Crippen molar-refractivity contribution in [3.05, 3.63) is 130 Å². The predicted molar refractivity (Wildman–Crippen MR) is 160 cm³/mol. The summed E-state index contributed by atoms with van der Waals surface area (Å²) in [5.74, 6) is 0.763. The quantitative estimate of drug-likeness (QED) is 0.145. The molecule has 0 saturated heterocycles. The summed E-state index contributed by atoms with van der Waals surface area (Å²) >= 11 is 12.5. The number of benzene rings is 4. The standard InChI is InChI=1S/C29H22Cl2N8/c30-25-17-9-7-11-21(25)19-32-37-27-34-28(38-33-20-22-12-8-10-18-26(22)31)36-29(35-27)39(23-13-3-1-4-14-23)24-15-5-2-6-16-24/h1-20H,(H2,34,35,36,37,38). The summed E-state index contributed by atoms with van der Waals surface area (Å²) in [6.07, 6.45) is 3.20. The van der Waals surface area contributed by atoms with Gasteiger partial charge in [0.1, 0.15) is 0 Å². The molecule has 192 valence electrons. The van der Waals surface area contributed by atoms with Crippen LogP contribution in [0.15, 0.2) is 119 Å². The van der Waals surface area contributed by atoms with Crippen molar-refractivity contribution in [2.45, 2.75) is 0 Å². The molecule has 10 heteroatoms. The van der Waals surface area contributed by atoms with E-state index in [0.29, 0.717) is 16.0 Å². The van der Waals surface area contributed by atoms with Gasteiger partial charge in [-0.05, 0) is 36.4 Å². The van der Waals surface area contributed by atoms with Crippen molar-refractivity contribution in [2.24, 2.45) is 10.2 Å². The molecule has 8 nitrogen and oxygen atoms in total. The van der Waals surface area contributed by atoms with Gasteiger partial charge >= 0.3 is 0 Å². The van der Waals surface area contributed by atoms with Crippen LogP contribution in [0, 0.1) is 0 Å². The molecule has 5 aromatic rings. The third-order valence-electron chi connectivity index (χ3n) is 5.40. The van der Waals surface area contributed by atoms with Gasteiger partial charge in [0, 0.05) is 32.5 Å². The average molecular weight is 553 g/mol. The number of rotatable bonds is 9. The molecule has 0 amide bonds. The minimum atomic E-state index is 0.204. The number of nitrogens with one attached hydrogen (secondary N) is 2. The lowest BCUT2D eigenvalue weighted by molar-refractivity contribution is 0.991. The maximum Gasteiger partial charge on any atom is 0.250 e. The second-order valence-electron chi connectivity index (χ2n) is 8.07. The largest absolute Gasteiger partial charge is 0.279 e. The number of para-hydroxylation sites is 2. The smallest absolute Gasteiger partial charge is 0.250 e. The minimum Gasteiger partial charge on any atom is -0.279 e. The van der Waals surface area contributed by atoms with E-state index in [1.165, 1.54) is 0 Å². The van der Waals surface area contributed by atoms with Crippen molar-refractivity contribution in [3.63, 3.8) is 0 Å². The Kier molecular flexibility index (Phi) is 8.38. The average Bonchev–Trinajstić information content (AvgIpc) is 2.96. The normalized spacial score (nSPS) is 11.1. The summed E-state index contributed by atoms with van der Waals surface area (Å²) in [4.78, 5) is 15.7. The first-order valence-electron chi connectivity index (χ1n) is 11.9. The van der Waals surface area contributed by atoms with Crippen molar-refractivity contribution in [1.29, 1.82) is 0 Å². The third-order valence-corrected chi connectivity index (χ3v) is 6.09. The van der Waals surface area contributed by atoms with E-state index < -0.39 is 0 Å². The van der Waals surface area contributed by atoms with Crippen molar-refractivity contribution < 1.29 is 0 Å². The van der Waals surface area contributed by atoms with Crippen LogP contribution in [0.5, 0.6) is 0 Å². The number of anilines is 5. The van der Waals surface area contributed by atoms with Gasteiger partial charge in [0.15, 0.2) is 0 Å². The maximum absolute atomic E-state index is 6.25. The van der Waals surface area contributed by atoms with Gasteiger partial charge in [-0.3, -0.25) is 4.90 Å². The lowest BCUT2D eigenvalue weighted by Gasteiger charge is -2.23. The summed E-state index contributed by atoms with van der Waals surface area (Å²) in [5, 5.41) is 9.73. The van der Waals surface area contributed by atoms with Crippen LogP contribution in [-0.2, 0) is 0 Å². The molecule has 0 aliphatic carbocycles. The third kappa shape index (κ3) is 6.75. The monoisotopic (exact) mass is 552 g/mol. The van der Waals surface area contributed by atoms with Gasteiger partial charge in [-0.25, -0.2) is 10.9 Å². The van der Waals surface area contributed by atoms with E-state index in [0.717, 1.165) is 22.5 Å². The van der Waals surface area contributed by atoms with Gasteiger partial charge in [0.05, 0.1) is 12.4 Å². The maximum atomic E-state index is 6.25. The Morgan fingerprint density at radius 2 is 0.949 bits per heavy atom. The molecule has 1 heterocycles. The second kappa shape index (κ2) is 12.6. The molecule has 0 radical (unpaired) electrons. The SMILES string of the molecule is Clc1ccccc1C=NNc1nc(NN=Cc2ccccc2Cl)nc(N(c2ccccc2)c2ccccc2)n1. The molecule has 5 rings (SSSR count). The van der Waals surface area contributed by atoms with Crippen LogP contribution in [0.3, 0.4) is 0 Å². The minimum absolute atomic E-state index is 0.204. The summed E-state index contributed by atoms with van der Waals surface area (Å²) in [6, 6.07) is 34.4. The Morgan fingerprint density at radius 1 is 0.538 bits per heavy atom. The Bertz CT molecular complexity index is 1480. The number of halogens is 2. The summed E-state index contributed by atoms with van der Waals surface area (Å²) < 4.78 is 0. The molecule has 0 bridgehead atoms. The number of nitrogens with zero attached hydrogens (tertiary/aromatic N) is 6. The number of hydrazone groups is 2. The number of hydrogen-bond acceptors (Lipinski definition) is 8. The van der Waals surface area contributed by atoms with Gasteiger partial charge in [0.2, 0.25) is 17.8 Å². The van der Waals surface area contributed by atoms with Gasteiger partial charge in [-0.2, -0.15) is 25.2 Å². The fourth-order valence-corrected chi connectivity index (χ4v) is 3.95. The summed E-state index contributed by atoms with van der Waals surface area (Å²) in [7, 11) is 0. The molecule has 0 aliphatic rings. The molecule has 0 saturated carbocycles. The fraction of sp³-hybridized carbons (Fsp3) is 0. The van der Waals surface area contributed by atoms with E-state index in [2.05, 4.69) is 36.0 Å². The lowest BCUT2D eigenvalue weighted by atomic mass is 10.2. The second-order valence-corrected chi connectivity index (χ2v) is 8.89. The highest BCUT2D eigenvalue weighted by atomic mass is 35.5. The summed E-state index contributed by atoms with van der Waals surface area (Å²) in [5.41, 5.74) is 9.00. The van der Waals surface area contributed by atoms with E-state index in [4.69, 9.17) is 23.2 Å². The highest BCUT2D eigenvalue weighted by Gasteiger charge is 2.17. The van der Waals surface area contributed by atoms with Crippen LogP contribution in [0.4, 0.5) is 29.2 Å². The van der Waals surface area contributed by atoms with Crippen molar-refractivity contribution in [3.8, 4) is 0 Å². The molecule has 0 spiro atoms. The molecule has 1 aromatic heterocycles. The van der Waals surface area contributed by atoms with Crippen LogP contribution >= 0.6 is 23.2 Å². The van der Waals surface area contributed by atoms with Crippen LogP contribution < -0.4 is 15.8 Å². The van der Waals surface area contributed by atoms with Crippen molar-refractivity contribution in [1.82, 2.24) is 15.0 Å². The van der Waals surface area contributed by atoms with Crippen LogP contribution in [0.25, 0.3) is 0 Å². The van der Waals surface area contributed by atoms with Crippen LogP contribution in [0.2, 0.25) is 10.0 Å². The number of aromatic nitrogens is 3. The Hall–Kier alpha value is -4.79. The molecule has 0 fully saturated rings. The van der Waals surface area contributed by atoms with E-state index >= 15 is 0 Å². The molecular weight excluding hydrogens is 531 g/mol. The van der Waals surface area contributed by atoms with E-state index in [9.17, 15) is 0 Å². The van der Waals surface area contributed by atoms with E-state index in [1.54, 1.807) is 24.6 Å². The Labute approximate surface area is 235 Å². The number of hydrogen-bond donors (Lipinski definition) is 2. The zero-order valence-corrected chi connectivity index (χ0v) is 22.0. The fourth-order valence-electron chi connectivity index (χ4n) is 3.58. The molecule has 0 atom stereocenters. The van der Waals surface area contributed by atoms with E-state index in [-0.39, 0.29) is 11.9 Å². The van der Waals surface area contributed by atoms with Gasteiger partial charge in [0.25, 0.3) is 0 Å². The first-order valence-corrected chi connectivity index (χ1v) is 12.7. The lowest BCUT2D eigenvalue weighted by Crippen LogP contribution is -2.16. The van der Waals surface area contributed by atoms with E-state index in [1.807, 2.05) is 102 Å². The molecule has 0 aliphatic heterocycles. The zero-order valence-electron chi connectivity index (χ0n) is 20.5. The molecule has 4 aromatic carbocycles. The molecule has 0 unspecified atom stereocenters. The summed E-state index contributed by atoms with van der Waals surface area (Å²) in [6.45, 7) is 0. The Balaban J connectivity index is 1.51. The van der Waals surface area contributed by atoms with Crippen LogP contribution in [0.1, 0.15) is 11.1 Å². The van der Waals surface area contributed by atoms with Gasteiger partial charge in [-0.15, -0.1) is 0 Å². The van der Waals surface area contributed by atoms with Crippen molar-refractivity contribution in [2.75, 3.05) is 15.8 Å². The topological polar surface area (TPSA) is 90.7 Å². The first-order chi connectivity index (χ1) is 19.2. The molecule has 2 N–H and O–H groups in total. The van der Waals surface area contributed by atoms with Crippen LogP contribution in [-0.4, -0.2) is 27.4 Å². The predicted octanol–water partition coefficient (Wildman–Crippen LogP) is 7.54. The van der Waals surface area contributed by atoms with Crippen molar-refractivity contribution >= 4 is 64.9 Å².